The van der Waals surface area contributed by atoms with Crippen LogP contribution in [0.1, 0.15) is 5.69 Å². The third kappa shape index (κ3) is 2.07. The highest BCUT2D eigenvalue weighted by Crippen LogP contribution is 2.28. The number of nitriles is 1. The minimum absolute atomic E-state index is 0.416. The molecule has 0 saturated heterocycles. The molecule has 0 radical (unpaired) electrons. The Morgan fingerprint density at radius 2 is 2.43 bits per heavy atom. The summed E-state index contributed by atoms with van der Waals surface area (Å²) in [7, 11) is 0. The van der Waals surface area contributed by atoms with Crippen LogP contribution in [-0.4, -0.2) is 15.2 Å². The number of pyridine rings is 1. The molecule has 0 N–H and O–H groups in total. The van der Waals surface area contributed by atoms with Gasteiger partial charge >= 0.3 is 0 Å². The van der Waals surface area contributed by atoms with Gasteiger partial charge in [-0.25, -0.2) is 4.98 Å². The Labute approximate surface area is 88.6 Å². The molecule has 0 aromatic carbocycles. The molecule has 2 heterocycles. The van der Waals surface area contributed by atoms with Crippen LogP contribution in [0.25, 0.3) is 0 Å². The molecular formula is C8H4N4S2. The molecule has 0 aliphatic rings. The van der Waals surface area contributed by atoms with E-state index < -0.39 is 0 Å². The molecule has 68 valence electrons. The minimum Gasteiger partial charge on any atom is -0.245 e. The van der Waals surface area contributed by atoms with Gasteiger partial charge in [0.05, 0.1) is 0 Å². The normalized spacial score (nSPS) is 9.64. The second-order valence-electron chi connectivity index (χ2n) is 2.30. The molecule has 4 nitrogen and oxygen atoms in total. The van der Waals surface area contributed by atoms with Crippen molar-refractivity contribution in [2.45, 2.75) is 9.24 Å². The van der Waals surface area contributed by atoms with E-state index in [1.807, 2.05) is 12.1 Å². The zero-order valence-electron chi connectivity index (χ0n) is 6.91. The fourth-order valence-corrected chi connectivity index (χ4v) is 2.32. The molecule has 0 amide bonds. The van der Waals surface area contributed by atoms with Gasteiger partial charge in [0.15, 0.2) is 4.34 Å². The molecule has 2 rings (SSSR count). The Kier molecular flexibility index (Phi) is 2.72. The quantitative estimate of drug-likeness (QED) is 0.774. The molecule has 0 aliphatic heterocycles. The zero-order valence-corrected chi connectivity index (χ0v) is 8.55. The lowest BCUT2D eigenvalue weighted by atomic mass is 10.4. The Bertz CT molecular complexity index is 460. The van der Waals surface area contributed by atoms with E-state index >= 15 is 0 Å². The molecule has 2 aromatic rings. The van der Waals surface area contributed by atoms with E-state index in [2.05, 4.69) is 15.2 Å². The number of rotatable bonds is 2. The first-order valence-corrected chi connectivity index (χ1v) is 5.38. The molecule has 0 bridgehead atoms. The molecule has 0 aliphatic carbocycles. The van der Waals surface area contributed by atoms with Crippen LogP contribution in [0.3, 0.4) is 0 Å². The van der Waals surface area contributed by atoms with Crippen molar-refractivity contribution in [2.24, 2.45) is 0 Å². The smallest absolute Gasteiger partial charge is 0.178 e. The van der Waals surface area contributed by atoms with Gasteiger partial charge in [-0.05, 0) is 12.1 Å². The van der Waals surface area contributed by atoms with E-state index in [-0.39, 0.29) is 0 Å². The van der Waals surface area contributed by atoms with Gasteiger partial charge in [-0.15, -0.1) is 10.2 Å². The zero-order chi connectivity index (χ0) is 9.80. The molecule has 2 aromatic heterocycles. The monoisotopic (exact) mass is 220 g/mol. The summed E-state index contributed by atoms with van der Waals surface area (Å²) in [4.78, 5) is 4.83. The van der Waals surface area contributed by atoms with Crippen LogP contribution in [0.2, 0.25) is 0 Å². The third-order valence-corrected chi connectivity index (χ3v) is 3.16. The second kappa shape index (κ2) is 4.17. The van der Waals surface area contributed by atoms with Crippen molar-refractivity contribution in [1.82, 2.24) is 15.2 Å². The predicted molar refractivity (Wildman–Crippen MR) is 53.0 cm³/mol. The van der Waals surface area contributed by atoms with Crippen molar-refractivity contribution in [3.63, 3.8) is 0 Å². The first kappa shape index (κ1) is 9.12. The summed E-state index contributed by atoms with van der Waals surface area (Å²) in [5.74, 6) is 0. The van der Waals surface area contributed by atoms with E-state index in [4.69, 9.17) is 5.26 Å². The van der Waals surface area contributed by atoms with E-state index in [0.717, 1.165) is 9.24 Å². The summed E-state index contributed by atoms with van der Waals surface area (Å²) in [6.07, 6.45) is 1.61. The van der Waals surface area contributed by atoms with Crippen LogP contribution in [0.15, 0.2) is 33.1 Å². The Hall–Kier alpha value is -1.45. The molecule has 6 heteroatoms. The van der Waals surface area contributed by atoms with Crippen molar-refractivity contribution in [2.75, 3.05) is 0 Å². The van der Waals surface area contributed by atoms with Crippen molar-refractivity contribution in [3.8, 4) is 6.07 Å². The maximum absolute atomic E-state index is 8.64. The maximum Gasteiger partial charge on any atom is 0.178 e. The van der Waals surface area contributed by atoms with Gasteiger partial charge in [0.1, 0.15) is 17.3 Å². The maximum atomic E-state index is 8.64. The fourth-order valence-electron chi connectivity index (χ4n) is 0.844. The SMILES string of the molecule is N#Cc1cc(Sc2nncs2)ccn1. The largest absolute Gasteiger partial charge is 0.245 e. The topological polar surface area (TPSA) is 62.5 Å². The fraction of sp³-hybridized carbons (Fsp3) is 0. The van der Waals surface area contributed by atoms with Gasteiger partial charge in [-0.1, -0.05) is 23.1 Å². The van der Waals surface area contributed by atoms with Crippen LogP contribution in [0, 0.1) is 11.3 Å². The van der Waals surface area contributed by atoms with E-state index in [0.29, 0.717) is 5.69 Å². The molecule has 0 unspecified atom stereocenters. The molecule has 0 saturated carbocycles. The van der Waals surface area contributed by atoms with Gasteiger partial charge in [-0.2, -0.15) is 5.26 Å². The van der Waals surface area contributed by atoms with Crippen molar-refractivity contribution < 1.29 is 0 Å². The van der Waals surface area contributed by atoms with Crippen molar-refractivity contribution in [3.05, 3.63) is 29.5 Å². The van der Waals surface area contributed by atoms with Gasteiger partial charge in [0, 0.05) is 11.1 Å². The number of aromatic nitrogens is 3. The molecular weight excluding hydrogens is 216 g/mol. The van der Waals surface area contributed by atoms with Crippen LogP contribution in [0.5, 0.6) is 0 Å². The van der Waals surface area contributed by atoms with E-state index in [1.165, 1.54) is 23.1 Å². The average Bonchev–Trinajstić information content (AvgIpc) is 2.71. The second-order valence-corrected chi connectivity index (χ2v) is 4.45. The standard InChI is InChI=1S/C8H4N4S2/c9-4-6-3-7(1-2-10-6)14-8-12-11-5-13-8/h1-3,5H. The summed E-state index contributed by atoms with van der Waals surface area (Å²) in [5.41, 5.74) is 2.09. The van der Waals surface area contributed by atoms with Crippen molar-refractivity contribution in [1.29, 1.82) is 5.26 Å². The Morgan fingerprint density at radius 1 is 1.50 bits per heavy atom. The highest BCUT2D eigenvalue weighted by Gasteiger charge is 2.01. The lowest BCUT2D eigenvalue weighted by Crippen LogP contribution is -1.81. The first-order valence-electron chi connectivity index (χ1n) is 3.68. The summed E-state index contributed by atoms with van der Waals surface area (Å²) in [6, 6.07) is 5.56. The number of nitrogens with zero attached hydrogens (tertiary/aromatic N) is 4. The Morgan fingerprint density at radius 3 is 3.14 bits per heavy atom. The predicted octanol–water partition coefficient (Wildman–Crippen LogP) is 1.96. The Balaban J connectivity index is 2.22. The third-order valence-electron chi connectivity index (χ3n) is 1.39. The van der Waals surface area contributed by atoms with Crippen LogP contribution >= 0.6 is 23.1 Å². The minimum atomic E-state index is 0.416. The number of hydrogen-bond acceptors (Lipinski definition) is 6. The summed E-state index contributed by atoms with van der Waals surface area (Å²) >= 11 is 2.95. The first-order chi connectivity index (χ1) is 6.88. The van der Waals surface area contributed by atoms with E-state index in [1.54, 1.807) is 17.8 Å². The molecule has 14 heavy (non-hydrogen) atoms. The highest BCUT2D eigenvalue weighted by atomic mass is 32.2. The average molecular weight is 220 g/mol. The lowest BCUT2D eigenvalue weighted by molar-refractivity contribution is 1.01. The van der Waals surface area contributed by atoms with Crippen LogP contribution in [-0.2, 0) is 0 Å². The summed E-state index contributed by atoms with van der Waals surface area (Å²) < 4.78 is 0.861. The van der Waals surface area contributed by atoms with Gasteiger partial charge in [-0.3, -0.25) is 0 Å². The lowest BCUT2D eigenvalue weighted by Gasteiger charge is -1.95. The van der Waals surface area contributed by atoms with Gasteiger partial charge in [0.2, 0.25) is 0 Å². The van der Waals surface area contributed by atoms with Gasteiger partial charge < -0.3 is 0 Å². The van der Waals surface area contributed by atoms with Crippen LogP contribution < -0.4 is 0 Å². The molecule has 0 fully saturated rings. The summed E-state index contributed by atoms with van der Waals surface area (Å²) in [5, 5.41) is 16.3. The highest BCUT2D eigenvalue weighted by molar-refractivity contribution is 8.01. The van der Waals surface area contributed by atoms with Gasteiger partial charge in [0.25, 0.3) is 0 Å². The van der Waals surface area contributed by atoms with E-state index in [9.17, 15) is 0 Å². The van der Waals surface area contributed by atoms with Crippen LogP contribution in [0.4, 0.5) is 0 Å². The molecule has 0 atom stereocenters. The molecule has 0 spiro atoms. The number of hydrogen-bond donors (Lipinski definition) is 0. The van der Waals surface area contributed by atoms with Crippen molar-refractivity contribution >= 4 is 23.1 Å². The summed E-state index contributed by atoms with van der Waals surface area (Å²) in [6.45, 7) is 0.